The predicted molar refractivity (Wildman–Crippen MR) is 126 cm³/mol. The lowest BCUT2D eigenvalue weighted by atomic mass is 9.77. The minimum Gasteiger partial charge on any atom is -0.497 e. The number of nitrogens with zero attached hydrogens (tertiary/aromatic N) is 2. The van der Waals surface area contributed by atoms with Crippen LogP contribution in [0.1, 0.15) is 40.0 Å². The second kappa shape index (κ2) is 9.17. The Balaban J connectivity index is 1.48. The number of anilines is 1. The highest BCUT2D eigenvalue weighted by molar-refractivity contribution is 6.36. The number of benzene rings is 1. The summed E-state index contributed by atoms with van der Waals surface area (Å²) in [5.74, 6) is 0.632. The van der Waals surface area contributed by atoms with Crippen molar-refractivity contribution in [3.05, 3.63) is 24.4 Å². The van der Waals surface area contributed by atoms with E-state index in [0.717, 1.165) is 47.6 Å². The molecule has 0 bridgehead atoms. The molecule has 4 rings (SSSR count). The maximum absolute atomic E-state index is 12.3. The molecule has 2 aromatic rings. The number of aliphatic hydroxyl groups is 1. The van der Waals surface area contributed by atoms with Gasteiger partial charge in [-0.15, -0.1) is 0 Å². The molecule has 1 aliphatic carbocycles. The highest BCUT2D eigenvalue weighted by atomic mass is 16.6. The maximum atomic E-state index is 12.3. The van der Waals surface area contributed by atoms with Gasteiger partial charge >= 0.3 is 5.97 Å². The van der Waals surface area contributed by atoms with E-state index in [-0.39, 0.29) is 11.6 Å². The van der Waals surface area contributed by atoms with Crippen molar-refractivity contribution >= 4 is 28.3 Å². The van der Waals surface area contributed by atoms with Crippen LogP contribution < -0.4 is 14.4 Å². The summed E-state index contributed by atoms with van der Waals surface area (Å²) >= 11 is 0. The van der Waals surface area contributed by atoms with Gasteiger partial charge in [0.2, 0.25) is 0 Å². The van der Waals surface area contributed by atoms with E-state index in [0.29, 0.717) is 19.4 Å². The van der Waals surface area contributed by atoms with Crippen molar-refractivity contribution in [2.75, 3.05) is 31.7 Å². The Labute approximate surface area is 194 Å². The molecule has 0 saturated heterocycles. The number of ether oxygens (including phenoxy) is 3. The monoisotopic (exact) mass is 455 g/mol. The smallest absolute Gasteiger partial charge is 0.352 e. The number of pyridine rings is 1. The van der Waals surface area contributed by atoms with Crippen molar-refractivity contribution in [1.82, 2.24) is 4.98 Å². The highest BCUT2D eigenvalue weighted by Crippen LogP contribution is 2.40. The molecule has 2 heterocycles. The number of hydrogen-bond acceptors (Lipinski definition) is 8. The SMILES string of the molecule is COc1ccc2ncc3c(c2c1)N(C[C@H]1CC[C@H](C(=N)C(=O)OC(C)(C)C)C(O)C1)CCO3. The van der Waals surface area contributed by atoms with Gasteiger partial charge in [-0.3, -0.25) is 10.4 Å². The van der Waals surface area contributed by atoms with Gasteiger partial charge in [0.25, 0.3) is 0 Å². The first kappa shape index (κ1) is 23.3. The summed E-state index contributed by atoms with van der Waals surface area (Å²) in [5.41, 5.74) is 1.09. The molecule has 0 radical (unpaired) electrons. The van der Waals surface area contributed by atoms with Crippen LogP contribution in [-0.4, -0.2) is 60.3 Å². The van der Waals surface area contributed by atoms with E-state index in [1.54, 1.807) is 34.1 Å². The van der Waals surface area contributed by atoms with Crippen LogP contribution in [0.5, 0.6) is 11.5 Å². The standard InChI is InChI=1S/C25H33N3O5/c1-25(2,3)33-24(30)22(26)17-7-5-15(11-20(17)29)14-28-9-10-32-21-13-27-19-8-6-16(31-4)12-18(19)23(21)28/h6,8,12-13,15,17,20,26,29H,5,7,9-11,14H2,1-4H3/t15-,17-,20?/m0/s1. The first-order valence-corrected chi connectivity index (χ1v) is 11.5. The van der Waals surface area contributed by atoms with Gasteiger partial charge in [-0.25, -0.2) is 4.79 Å². The summed E-state index contributed by atoms with van der Waals surface area (Å²) in [6.07, 6.45) is 2.98. The Morgan fingerprint density at radius 2 is 2.12 bits per heavy atom. The van der Waals surface area contributed by atoms with Gasteiger partial charge in [0.05, 0.1) is 37.2 Å². The third kappa shape index (κ3) is 5.05. The van der Waals surface area contributed by atoms with Crippen molar-refractivity contribution in [2.24, 2.45) is 11.8 Å². The molecule has 178 valence electrons. The largest absolute Gasteiger partial charge is 0.497 e. The predicted octanol–water partition coefficient (Wildman–Crippen LogP) is 3.58. The third-order valence-corrected chi connectivity index (χ3v) is 6.34. The molecule has 0 spiro atoms. The lowest BCUT2D eigenvalue weighted by molar-refractivity contribution is -0.147. The molecule has 1 aliphatic heterocycles. The van der Waals surface area contributed by atoms with E-state index >= 15 is 0 Å². The summed E-state index contributed by atoms with van der Waals surface area (Å²) in [5, 5.41) is 20.0. The number of carbonyl (C=O) groups is 1. The quantitative estimate of drug-likeness (QED) is 0.524. The summed E-state index contributed by atoms with van der Waals surface area (Å²) in [6, 6.07) is 5.82. The fraction of sp³-hybridized carbons (Fsp3) is 0.560. The molecular weight excluding hydrogens is 422 g/mol. The molecule has 2 aliphatic rings. The summed E-state index contributed by atoms with van der Waals surface area (Å²) in [6.45, 7) is 7.41. The summed E-state index contributed by atoms with van der Waals surface area (Å²) < 4.78 is 16.6. The van der Waals surface area contributed by atoms with Gasteiger partial charge in [-0.2, -0.15) is 0 Å². The van der Waals surface area contributed by atoms with Crippen molar-refractivity contribution in [2.45, 2.75) is 51.7 Å². The minimum absolute atomic E-state index is 0.128. The fourth-order valence-corrected chi connectivity index (χ4v) is 4.79. The first-order valence-electron chi connectivity index (χ1n) is 11.5. The van der Waals surface area contributed by atoms with E-state index in [1.165, 1.54) is 0 Å². The van der Waals surface area contributed by atoms with Gasteiger partial charge in [-0.05, 0) is 64.2 Å². The lowest BCUT2D eigenvalue weighted by Gasteiger charge is -2.38. The van der Waals surface area contributed by atoms with Crippen molar-refractivity contribution in [1.29, 1.82) is 5.41 Å². The van der Waals surface area contributed by atoms with Gasteiger partial charge < -0.3 is 24.2 Å². The molecule has 1 aromatic heterocycles. The zero-order valence-corrected chi connectivity index (χ0v) is 19.8. The van der Waals surface area contributed by atoms with Crippen LogP contribution >= 0.6 is 0 Å². The normalized spacial score (nSPS) is 22.9. The Kier molecular flexibility index (Phi) is 6.47. The molecule has 1 saturated carbocycles. The van der Waals surface area contributed by atoms with E-state index in [9.17, 15) is 9.90 Å². The molecule has 1 fully saturated rings. The number of nitrogens with one attached hydrogen (secondary N) is 1. The Morgan fingerprint density at radius 1 is 1.33 bits per heavy atom. The molecule has 1 unspecified atom stereocenters. The van der Waals surface area contributed by atoms with Crippen LogP contribution in [0.2, 0.25) is 0 Å². The number of carbonyl (C=O) groups excluding carboxylic acids is 1. The third-order valence-electron chi connectivity index (χ3n) is 6.34. The van der Waals surface area contributed by atoms with Gasteiger partial charge in [-0.1, -0.05) is 0 Å². The maximum Gasteiger partial charge on any atom is 0.352 e. The molecule has 3 atom stereocenters. The van der Waals surface area contributed by atoms with Crippen LogP contribution in [0.15, 0.2) is 24.4 Å². The average molecular weight is 456 g/mol. The number of fused-ring (bicyclic) bond motifs is 3. The van der Waals surface area contributed by atoms with Crippen LogP contribution in [0.25, 0.3) is 10.9 Å². The van der Waals surface area contributed by atoms with Crippen LogP contribution in [0.4, 0.5) is 5.69 Å². The van der Waals surface area contributed by atoms with Crippen LogP contribution in [-0.2, 0) is 9.53 Å². The topological polar surface area (TPSA) is 105 Å². The molecule has 33 heavy (non-hydrogen) atoms. The second-order valence-corrected chi connectivity index (χ2v) is 9.92. The lowest BCUT2D eigenvalue weighted by Crippen LogP contribution is -2.43. The van der Waals surface area contributed by atoms with E-state index in [2.05, 4.69) is 9.88 Å². The van der Waals surface area contributed by atoms with Crippen molar-refractivity contribution in [3.8, 4) is 11.5 Å². The Hall–Kier alpha value is -2.87. The highest BCUT2D eigenvalue weighted by Gasteiger charge is 2.37. The number of hydrogen-bond donors (Lipinski definition) is 2. The van der Waals surface area contributed by atoms with E-state index in [4.69, 9.17) is 19.6 Å². The number of aliphatic hydroxyl groups excluding tert-OH is 1. The Morgan fingerprint density at radius 3 is 2.82 bits per heavy atom. The minimum atomic E-state index is -0.737. The molecular formula is C25H33N3O5. The van der Waals surface area contributed by atoms with Crippen molar-refractivity contribution in [3.63, 3.8) is 0 Å². The molecule has 1 aromatic carbocycles. The molecule has 2 N–H and O–H groups in total. The molecule has 8 heteroatoms. The number of esters is 1. The Bertz CT molecular complexity index is 1040. The zero-order chi connectivity index (χ0) is 23.8. The van der Waals surface area contributed by atoms with Gasteiger partial charge in [0.15, 0.2) is 5.75 Å². The van der Waals surface area contributed by atoms with E-state index < -0.39 is 23.6 Å². The first-order chi connectivity index (χ1) is 15.7. The average Bonchev–Trinajstić information content (AvgIpc) is 2.77. The summed E-state index contributed by atoms with van der Waals surface area (Å²) in [7, 11) is 1.65. The van der Waals surface area contributed by atoms with Crippen LogP contribution in [0.3, 0.4) is 0 Å². The summed E-state index contributed by atoms with van der Waals surface area (Å²) in [4.78, 5) is 19.1. The van der Waals surface area contributed by atoms with Gasteiger partial charge in [0, 0.05) is 17.8 Å². The van der Waals surface area contributed by atoms with Crippen molar-refractivity contribution < 1.29 is 24.1 Å². The fourth-order valence-electron chi connectivity index (χ4n) is 4.79. The molecule has 8 nitrogen and oxygen atoms in total. The van der Waals surface area contributed by atoms with E-state index in [1.807, 2.05) is 18.2 Å². The second-order valence-electron chi connectivity index (χ2n) is 9.92. The zero-order valence-electron chi connectivity index (χ0n) is 19.8. The van der Waals surface area contributed by atoms with Crippen LogP contribution in [0, 0.1) is 17.2 Å². The van der Waals surface area contributed by atoms with Gasteiger partial charge in [0.1, 0.15) is 23.7 Å². The molecule has 0 amide bonds. The number of methoxy groups -OCH3 is 1. The number of aromatic nitrogens is 1. The number of rotatable bonds is 5.